The summed E-state index contributed by atoms with van der Waals surface area (Å²) in [6.45, 7) is 4.13. The fourth-order valence-electron chi connectivity index (χ4n) is 2.08. The highest BCUT2D eigenvalue weighted by molar-refractivity contribution is 5.94. The number of carbonyl (C=O) groups is 1. The number of ether oxygens (including phenoxy) is 1. The molecule has 0 bridgehead atoms. The lowest BCUT2D eigenvalue weighted by atomic mass is 10.1. The van der Waals surface area contributed by atoms with Gasteiger partial charge in [0.15, 0.2) is 0 Å². The van der Waals surface area contributed by atoms with Crippen LogP contribution >= 0.6 is 0 Å². The molecule has 0 spiro atoms. The highest BCUT2D eigenvalue weighted by atomic mass is 16.5. The fourth-order valence-corrected chi connectivity index (χ4v) is 2.08. The van der Waals surface area contributed by atoms with E-state index in [0.717, 1.165) is 24.2 Å². The zero-order valence-corrected chi connectivity index (χ0v) is 10.7. The SMILES string of the molecule is CC(CCN)CNC(=O)c1ccc2c(c1)CCO2. The third-order valence-corrected chi connectivity index (χ3v) is 3.22. The van der Waals surface area contributed by atoms with Gasteiger partial charge >= 0.3 is 0 Å². The summed E-state index contributed by atoms with van der Waals surface area (Å²) >= 11 is 0. The maximum Gasteiger partial charge on any atom is 0.251 e. The summed E-state index contributed by atoms with van der Waals surface area (Å²) in [5, 5.41) is 2.94. The van der Waals surface area contributed by atoms with E-state index in [1.807, 2.05) is 18.2 Å². The molecule has 4 nitrogen and oxygen atoms in total. The number of hydrogen-bond acceptors (Lipinski definition) is 3. The number of fused-ring (bicyclic) bond motifs is 1. The molecule has 1 aliphatic heterocycles. The fraction of sp³-hybridized carbons (Fsp3) is 0.500. The van der Waals surface area contributed by atoms with Crippen molar-refractivity contribution in [3.8, 4) is 5.75 Å². The number of rotatable bonds is 5. The quantitative estimate of drug-likeness (QED) is 0.826. The summed E-state index contributed by atoms with van der Waals surface area (Å²) in [6, 6.07) is 5.61. The molecule has 1 atom stereocenters. The average Bonchev–Trinajstić information content (AvgIpc) is 2.83. The Balaban J connectivity index is 1.93. The maximum absolute atomic E-state index is 12.0. The van der Waals surface area contributed by atoms with Crippen LogP contribution in [-0.2, 0) is 6.42 Å². The predicted octanol–water partition coefficient (Wildman–Crippen LogP) is 1.34. The van der Waals surface area contributed by atoms with Crippen LogP contribution in [0.25, 0.3) is 0 Å². The molecule has 1 aliphatic rings. The Kier molecular flexibility index (Phi) is 4.20. The van der Waals surface area contributed by atoms with Crippen LogP contribution in [0.1, 0.15) is 29.3 Å². The van der Waals surface area contributed by atoms with Crippen molar-refractivity contribution in [3.05, 3.63) is 29.3 Å². The molecule has 0 fully saturated rings. The summed E-state index contributed by atoms with van der Waals surface area (Å²) in [5.41, 5.74) is 7.31. The van der Waals surface area contributed by atoms with Crippen molar-refractivity contribution in [2.24, 2.45) is 11.7 Å². The molecular weight excluding hydrogens is 228 g/mol. The number of carbonyl (C=O) groups excluding carboxylic acids is 1. The summed E-state index contributed by atoms with van der Waals surface area (Å²) in [7, 11) is 0. The highest BCUT2D eigenvalue weighted by Gasteiger charge is 2.15. The smallest absolute Gasteiger partial charge is 0.251 e. The van der Waals surface area contributed by atoms with E-state index in [0.29, 0.717) is 31.2 Å². The van der Waals surface area contributed by atoms with Gasteiger partial charge in [0, 0.05) is 18.5 Å². The van der Waals surface area contributed by atoms with Gasteiger partial charge in [-0.2, -0.15) is 0 Å². The van der Waals surface area contributed by atoms with Gasteiger partial charge in [-0.1, -0.05) is 6.92 Å². The zero-order chi connectivity index (χ0) is 13.0. The average molecular weight is 248 g/mol. The van der Waals surface area contributed by atoms with Crippen molar-refractivity contribution in [2.75, 3.05) is 19.7 Å². The Morgan fingerprint density at radius 3 is 3.17 bits per heavy atom. The number of amides is 1. The van der Waals surface area contributed by atoms with E-state index >= 15 is 0 Å². The molecule has 0 saturated carbocycles. The second-order valence-electron chi connectivity index (χ2n) is 4.81. The lowest BCUT2D eigenvalue weighted by molar-refractivity contribution is 0.0947. The van der Waals surface area contributed by atoms with Crippen molar-refractivity contribution in [2.45, 2.75) is 19.8 Å². The molecule has 1 amide bonds. The summed E-state index contributed by atoms with van der Waals surface area (Å²) in [5.74, 6) is 1.30. The molecule has 0 aliphatic carbocycles. The van der Waals surface area contributed by atoms with Crippen molar-refractivity contribution in [1.82, 2.24) is 5.32 Å². The van der Waals surface area contributed by atoms with Crippen LogP contribution in [0.4, 0.5) is 0 Å². The Morgan fingerprint density at radius 2 is 2.39 bits per heavy atom. The molecule has 1 heterocycles. The van der Waals surface area contributed by atoms with E-state index in [4.69, 9.17) is 10.5 Å². The van der Waals surface area contributed by atoms with Gasteiger partial charge in [0.25, 0.3) is 5.91 Å². The molecule has 2 rings (SSSR count). The maximum atomic E-state index is 12.0. The Morgan fingerprint density at radius 1 is 1.56 bits per heavy atom. The molecule has 0 aromatic heterocycles. The Bertz CT molecular complexity index is 432. The standard InChI is InChI=1S/C14H20N2O2/c1-10(4-6-15)9-16-14(17)12-2-3-13-11(8-12)5-7-18-13/h2-3,8,10H,4-7,9,15H2,1H3,(H,16,17). The van der Waals surface area contributed by atoms with Gasteiger partial charge < -0.3 is 15.8 Å². The molecular formula is C14H20N2O2. The van der Waals surface area contributed by atoms with E-state index in [9.17, 15) is 4.79 Å². The van der Waals surface area contributed by atoms with E-state index < -0.39 is 0 Å². The Hall–Kier alpha value is -1.55. The first kappa shape index (κ1) is 12.9. The summed E-state index contributed by atoms with van der Waals surface area (Å²) < 4.78 is 5.42. The van der Waals surface area contributed by atoms with Gasteiger partial charge in [0.1, 0.15) is 5.75 Å². The number of hydrogen-bond donors (Lipinski definition) is 2. The number of benzene rings is 1. The summed E-state index contributed by atoms with van der Waals surface area (Å²) in [4.78, 5) is 12.0. The largest absolute Gasteiger partial charge is 0.493 e. The second-order valence-corrected chi connectivity index (χ2v) is 4.81. The minimum absolute atomic E-state index is 0.0198. The van der Waals surface area contributed by atoms with Crippen LogP contribution in [0.3, 0.4) is 0 Å². The minimum atomic E-state index is -0.0198. The summed E-state index contributed by atoms with van der Waals surface area (Å²) in [6.07, 6.45) is 1.82. The second kappa shape index (κ2) is 5.87. The zero-order valence-electron chi connectivity index (χ0n) is 10.7. The van der Waals surface area contributed by atoms with Gasteiger partial charge in [-0.25, -0.2) is 0 Å². The topological polar surface area (TPSA) is 64.3 Å². The number of nitrogens with one attached hydrogen (secondary N) is 1. The van der Waals surface area contributed by atoms with Crippen LogP contribution < -0.4 is 15.8 Å². The van der Waals surface area contributed by atoms with E-state index in [2.05, 4.69) is 12.2 Å². The molecule has 0 radical (unpaired) electrons. The predicted molar refractivity (Wildman–Crippen MR) is 70.8 cm³/mol. The Labute approximate surface area is 108 Å². The molecule has 1 aromatic rings. The van der Waals surface area contributed by atoms with Gasteiger partial charge in [-0.15, -0.1) is 0 Å². The monoisotopic (exact) mass is 248 g/mol. The van der Waals surface area contributed by atoms with Gasteiger partial charge in [0.2, 0.25) is 0 Å². The van der Waals surface area contributed by atoms with Crippen molar-refractivity contribution < 1.29 is 9.53 Å². The van der Waals surface area contributed by atoms with Crippen molar-refractivity contribution in [3.63, 3.8) is 0 Å². The lowest BCUT2D eigenvalue weighted by Gasteiger charge is -2.11. The van der Waals surface area contributed by atoms with Gasteiger partial charge in [-0.05, 0) is 42.6 Å². The van der Waals surface area contributed by atoms with Crippen LogP contribution in [0.5, 0.6) is 5.75 Å². The van der Waals surface area contributed by atoms with E-state index in [1.54, 1.807) is 0 Å². The van der Waals surface area contributed by atoms with Crippen LogP contribution in [-0.4, -0.2) is 25.6 Å². The molecule has 1 aromatic carbocycles. The molecule has 4 heteroatoms. The van der Waals surface area contributed by atoms with Crippen LogP contribution in [0.2, 0.25) is 0 Å². The highest BCUT2D eigenvalue weighted by Crippen LogP contribution is 2.25. The first-order chi connectivity index (χ1) is 8.70. The van der Waals surface area contributed by atoms with Crippen LogP contribution in [0, 0.1) is 5.92 Å². The molecule has 3 N–H and O–H groups in total. The normalized spacial score (nSPS) is 14.8. The van der Waals surface area contributed by atoms with Gasteiger partial charge in [-0.3, -0.25) is 4.79 Å². The minimum Gasteiger partial charge on any atom is -0.493 e. The van der Waals surface area contributed by atoms with E-state index in [1.165, 1.54) is 0 Å². The first-order valence-electron chi connectivity index (χ1n) is 6.44. The number of nitrogens with two attached hydrogens (primary N) is 1. The van der Waals surface area contributed by atoms with Crippen LogP contribution in [0.15, 0.2) is 18.2 Å². The molecule has 18 heavy (non-hydrogen) atoms. The third kappa shape index (κ3) is 3.01. The lowest BCUT2D eigenvalue weighted by Crippen LogP contribution is -2.29. The molecule has 1 unspecified atom stereocenters. The van der Waals surface area contributed by atoms with Gasteiger partial charge in [0.05, 0.1) is 6.61 Å². The molecule has 0 saturated heterocycles. The third-order valence-electron chi connectivity index (χ3n) is 3.22. The van der Waals surface area contributed by atoms with E-state index in [-0.39, 0.29) is 5.91 Å². The van der Waals surface area contributed by atoms with Crippen molar-refractivity contribution >= 4 is 5.91 Å². The van der Waals surface area contributed by atoms with Crippen molar-refractivity contribution in [1.29, 1.82) is 0 Å². The molecule has 98 valence electrons. The first-order valence-corrected chi connectivity index (χ1v) is 6.44.